The van der Waals surface area contributed by atoms with E-state index >= 15 is 0 Å². The van der Waals surface area contributed by atoms with Gasteiger partial charge in [0.25, 0.3) is 5.91 Å². The highest BCUT2D eigenvalue weighted by Crippen LogP contribution is 2.28. The average molecular weight is 438 g/mol. The third-order valence-electron chi connectivity index (χ3n) is 7.15. The van der Waals surface area contributed by atoms with Gasteiger partial charge >= 0.3 is 0 Å². The molecule has 2 aliphatic heterocycles. The van der Waals surface area contributed by atoms with Crippen LogP contribution in [0.3, 0.4) is 0 Å². The summed E-state index contributed by atoms with van der Waals surface area (Å²) >= 11 is 0. The number of hydrogen-bond donors (Lipinski definition) is 1. The maximum absolute atomic E-state index is 12.8. The van der Waals surface area contributed by atoms with Crippen LogP contribution in [0.2, 0.25) is 0 Å². The third kappa shape index (κ3) is 4.36. The number of nitrogens with zero attached hydrogens (tertiary/aromatic N) is 2. The molecule has 3 aromatic rings. The number of nitrogens with one attached hydrogen (secondary N) is 1. The van der Waals surface area contributed by atoms with E-state index in [1.54, 1.807) is 0 Å². The second kappa shape index (κ2) is 8.95. The summed E-state index contributed by atoms with van der Waals surface area (Å²) in [6, 6.07) is 23.1. The Morgan fingerprint density at radius 1 is 0.970 bits per heavy atom. The number of benzene rings is 3. The lowest BCUT2D eigenvalue weighted by Gasteiger charge is -2.36. The van der Waals surface area contributed by atoms with Crippen molar-refractivity contribution >= 4 is 11.6 Å². The van der Waals surface area contributed by atoms with Gasteiger partial charge in [-0.1, -0.05) is 66.2 Å². The first-order chi connectivity index (χ1) is 16.0. The van der Waals surface area contributed by atoms with Crippen LogP contribution in [0.4, 0.5) is 0 Å². The van der Waals surface area contributed by atoms with Crippen molar-refractivity contribution in [3.8, 4) is 0 Å². The maximum atomic E-state index is 12.8. The highest BCUT2D eigenvalue weighted by atomic mass is 16.2. The molecule has 0 saturated carbocycles. The summed E-state index contributed by atoms with van der Waals surface area (Å²) in [5, 5.41) is 8.63. The fraction of sp³-hybridized carbons (Fsp3) is 0.310. The number of likely N-dealkylation sites (tertiary alicyclic amines) is 1. The molecule has 4 heteroatoms. The number of carbonyl (C=O) groups is 1. The minimum absolute atomic E-state index is 0.200. The third-order valence-corrected chi connectivity index (χ3v) is 7.15. The molecule has 3 aromatic carbocycles. The van der Waals surface area contributed by atoms with Gasteiger partial charge in [-0.3, -0.25) is 15.1 Å². The molecule has 0 unspecified atom stereocenters. The molecule has 168 valence electrons. The van der Waals surface area contributed by atoms with Crippen molar-refractivity contribution in [2.24, 2.45) is 0 Å². The fourth-order valence-corrected chi connectivity index (χ4v) is 5.25. The molecule has 5 rings (SSSR count). The number of carbonyl (C=O) groups excluding carboxylic acids is 1. The van der Waals surface area contributed by atoms with Gasteiger partial charge in [0.15, 0.2) is 0 Å². The van der Waals surface area contributed by atoms with Crippen molar-refractivity contribution in [2.45, 2.75) is 45.8 Å². The summed E-state index contributed by atoms with van der Waals surface area (Å²) in [6.07, 6.45) is 2.05. The lowest BCUT2D eigenvalue weighted by atomic mass is 9.96. The largest absolute Gasteiger partial charge is 0.331 e. The lowest BCUT2D eigenvalue weighted by molar-refractivity contribution is 0.0590. The number of amides is 1. The number of fused-ring (bicyclic) bond motifs is 1. The summed E-state index contributed by atoms with van der Waals surface area (Å²) in [5.41, 5.74) is 8.22. The second-order valence-electron chi connectivity index (χ2n) is 9.49. The molecule has 0 aliphatic carbocycles. The van der Waals surface area contributed by atoms with Crippen LogP contribution >= 0.6 is 0 Å². The van der Waals surface area contributed by atoms with Crippen molar-refractivity contribution in [1.29, 1.82) is 5.41 Å². The Labute approximate surface area is 196 Å². The SMILES string of the molecule is Cc1ccc(C(=N)c2ccc(CN3CCC(N4Cc5ccccc5C4=O)CC3)cc2)c(C)c1. The lowest BCUT2D eigenvalue weighted by Crippen LogP contribution is -2.44. The zero-order valence-corrected chi connectivity index (χ0v) is 19.5. The molecule has 1 fully saturated rings. The van der Waals surface area contributed by atoms with E-state index in [1.165, 1.54) is 11.1 Å². The first-order valence-electron chi connectivity index (χ1n) is 11.9. The molecule has 33 heavy (non-hydrogen) atoms. The van der Waals surface area contributed by atoms with Gasteiger partial charge in [0.1, 0.15) is 0 Å². The Kier molecular flexibility index (Phi) is 5.86. The molecule has 1 saturated heterocycles. The molecular formula is C29H31N3O. The molecular weight excluding hydrogens is 406 g/mol. The molecule has 0 radical (unpaired) electrons. The predicted octanol–water partition coefficient (Wildman–Crippen LogP) is 5.34. The van der Waals surface area contributed by atoms with Crippen LogP contribution < -0.4 is 0 Å². The normalized spacial score (nSPS) is 16.8. The van der Waals surface area contributed by atoms with E-state index in [2.05, 4.69) is 72.2 Å². The van der Waals surface area contributed by atoms with Crippen molar-refractivity contribution in [3.63, 3.8) is 0 Å². The van der Waals surface area contributed by atoms with E-state index in [0.29, 0.717) is 11.8 Å². The van der Waals surface area contributed by atoms with E-state index in [-0.39, 0.29) is 5.91 Å². The van der Waals surface area contributed by atoms with Crippen LogP contribution in [0.25, 0.3) is 0 Å². The number of aryl methyl sites for hydroxylation is 2. The smallest absolute Gasteiger partial charge is 0.254 e. The van der Waals surface area contributed by atoms with E-state index < -0.39 is 0 Å². The van der Waals surface area contributed by atoms with E-state index in [9.17, 15) is 4.79 Å². The molecule has 0 bridgehead atoms. The van der Waals surface area contributed by atoms with E-state index in [1.807, 2.05) is 18.2 Å². The zero-order chi connectivity index (χ0) is 22.9. The minimum atomic E-state index is 0.200. The van der Waals surface area contributed by atoms with Crippen LogP contribution in [0.5, 0.6) is 0 Å². The topological polar surface area (TPSA) is 47.4 Å². The first-order valence-corrected chi connectivity index (χ1v) is 11.9. The Morgan fingerprint density at radius 3 is 2.39 bits per heavy atom. The molecule has 2 aliphatic rings. The van der Waals surface area contributed by atoms with Crippen molar-refractivity contribution < 1.29 is 4.79 Å². The van der Waals surface area contributed by atoms with Gasteiger partial charge in [-0.15, -0.1) is 0 Å². The van der Waals surface area contributed by atoms with Crippen LogP contribution in [-0.2, 0) is 13.1 Å². The Balaban J connectivity index is 1.17. The monoisotopic (exact) mass is 437 g/mol. The first kappa shape index (κ1) is 21.6. The molecule has 1 N–H and O–H groups in total. The zero-order valence-electron chi connectivity index (χ0n) is 19.5. The van der Waals surface area contributed by atoms with Gasteiger partial charge < -0.3 is 4.90 Å². The van der Waals surface area contributed by atoms with Crippen LogP contribution in [0, 0.1) is 19.3 Å². The summed E-state index contributed by atoms with van der Waals surface area (Å²) in [4.78, 5) is 17.4. The summed E-state index contributed by atoms with van der Waals surface area (Å²) in [5.74, 6) is 0.200. The van der Waals surface area contributed by atoms with Crippen molar-refractivity contribution in [2.75, 3.05) is 13.1 Å². The Hall–Kier alpha value is -3.24. The highest BCUT2D eigenvalue weighted by Gasteiger charge is 2.34. The molecule has 0 aromatic heterocycles. The van der Waals surface area contributed by atoms with Gasteiger partial charge in [-0.25, -0.2) is 0 Å². The Morgan fingerprint density at radius 2 is 1.70 bits per heavy atom. The van der Waals surface area contributed by atoms with Crippen molar-refractivity contribution in [3.05, 3.63) is 106 Å². The quantitative estimate of drug-likeness (QED) is 0.548. The average Bonchev–Trinajstić information content (AvgIpc) is 3.16. The predicted molar refractivity (Wildman–Crippen MR) is 133 cm³/mol. The molecule has 4 nitrogen and oxygen atoms in total. The Bertz CT molecular complexity index is 1190. The minimum Gasteiger partial charge on any atom is -0.331 e. The van der Waals surface area contributed by atoms with Gasteiger partial charge in [-0.05, 0) is 49.4 Å². The molecule has 1 amide bonds. The van der Waals surface area contributed by atoms with Crippen molar-refractivity contribution in [1.82, 2.24) is 9.80 Å². The molecule has 0 spiro atoms. The summed E-state index contributed by atoms with van der Waals surface area (Å²) in [6.45, 7) is 7.84. The molecule has 0 atom stereocenters. The van der Waals surface area contributed by atoms with Gasteiger partial charge in [0.2, 0.25) is 0 Å². The number of piperidine rings is 1. The summed E-state index contributed by atoms with van der Waals surface area (Å²) in [7, 11) is 0. The number of hydrogen-bond acceptors (Lipinski definition) is 3. The van der Waals surface area contributed by atoms with Crippen LogP contribution in [0.15, 0.2) is 66.7 Å². The van der Waals surface area contributed by atoms with Crippen LogP contribution in [0.1, 0.15) is 56.6 Å². The highest BCUT2D eigenvalue weighted by molar-refractivity contribution is 6.11. The molecule has 2 heterocycles. The van der Waals surface area contributed by atoms with E-state index in [4.69, 9.17) is 5.41 Å². The van der Waals surface area contributed by atoms with Gasteiger partial charge in [0.05, 0.1) is 5.71 Å². The van der Waals surface area contributed by atoms with E-state index in [0.717, 1.165) is 66.8 Å². The fourth-order valence-electron chi connectivity index (χ4n) is 5.25. The second-order valence-corrected chi connectivity index (χ2v) is 9.49. The maximum Gasteiger partial charge on any atom is 0.254 e. The summed E-state index contributed by atoms with van der Waals surface area (Å²) < 4.78 is 0. The van der Waals surface area contributed by atoms with Gasteiger partial charge in [0, 0.05) is 48.9 Å². The standard InChI is InChI=1S/C29H31N3O/c1-20-7-12-26(21(2)17-20)28(30)23-10-8-22(9-11-23)18-31-15-13-25(14-16-31)32-19-24-5-3-4-6-27(24)29(32)33/h3-12,17,25,30H,13-16,18-19H2,1-2H3. The van der Waals surface area contributed by atoms with Crippen LogP contribution in [-0.4, -0.2) is 40.6 Å². The number of rotatable bonds is 5. The van der Waals surface area contributed by atoms with Gasteiger partial charge in [-0.2, -0.15) is 0 Å².